The maximum Gasteiger partial charge on any atom is 0.191 e. The molecule has 1 heterocycles. The van der Waals surface area contributed by atoms with Gasteiger partial charge in [0.25, 0.3) is 0 Å². The third-order valence-electron chi connectivity index (χ3n) is 9.75. The molecule has 4 saturated carbocycles. The minimum absolute atomic E-state index is 0.0721. The first-order valence-electron chi connectivity index (χ1n) is 12.2. The van der Waals surface area contributed by atoms with Gasteiger partial charge >= 0.3 is 0 Å². The van der Waals surface area contributed by atoms with Gasteiger partial charge in [-0.25, -0.2) is 4.98 Å². The fraction of sp³-hybridized carbons (Fsp3) is 0.840. The van der Waals surface area contributed by atoms with Crippen LogP contribution >= 0.6 is 0 Å². The fourth-order valence-electron chi connectivity index (χ4n) is 7.92. The van der Waals surface area contributed by atoms with E-state index in [9.17, 15) is 5.11 Å². The lowest BCUT2D eigenvalue weighted by atomic mass is 9.45. The number of nitrogens with zero attached hydrogens (tertiary/aromatic N) is 2. The van der Waals surface area contributed by atoms with E-state index in [1.165, 1.54) is 44.2 Å². The third-order valence-corrected chi connectivity index (χ3v) is 9.75. The molecule has 5 nitrogen and oxygen atoms in total. The summed E-state index contributed by atoms with van der Waals surface area (Å²) in [6.45, 7) is 7.36. The van der Waals surface area contributed by atoms with E-state index in [2.05, 4.69) is 24.0 Å². The van der Waals surface area contributed by atoms with Crippen molar-refractivity contribution in [3.8, 4) is 0 Å². The number of aliphatic hydroxyl groups is 1. The van der Waals surface area contributed by atoms with Gasteiger partial charge < -0.3 is 14.4 Å². The zero-order chi connectivity index (χ0) is 20.9. The summed E-state index contributed by atoms with van der Waals surface area (Å²) in [4.78, 5) is 9.79. The predicted octanol–water partition coefficient (Wildman–Crippen LogP) is 5.30. The largest absolute Gasteiger partial charge is 0.446 e. The highest BCUT2D eigenvalue weighted by molar-refractivity contribution is 5.85. The van der Waals surface area contributed by atoms with E-state index in [4.69, 9.17) is 9.25 Å². The molecule has 4 unspecified atom stereocenters. The van der Waals surface area contributed by atoms with Crippen LogP contribution in [0.4, 0.5) is 0 Å². The molecule has 5 heteroatoms. The molecule has 0 radical (unpaired) electrons. The van der Waals surface area contributed by atoms with Gasteiger partial charge in [0.1, 0.15) is 12.4 Å². The van der Waals surface area contributed by atoms with E-state index in [1.807, 2.05) is 6.92 Å². The summed E-state index contributed by atoms with van der Waals surface area (Å²) >= 11 is 0. The van der Waals surface area contributed by atoms with Crippen LogP contribution in [-0.4, -0.2) is 28.5 Å². The van der Waals surface area contributed by atoms with Crippen molar-refractivity contribution < 1.29 is 14.4 Å². The molecule has 0 bridgehead atoms. The average molecular weight is 415 g/mol. The van der Waals surface area contributed by atoms with Crippen LogP contribution in [0.1, 0.15) is 83.3 Å². The van der Waals surface area contributed by atoms with Crippen LogP contribution < -0.4 is 0 Å². The zero-order valence-electron chi connectivity index (χ0n) is 18.9. The Hall–Kier alpha value is -1.36. The number of oxazole rings is 1. The Labute approximate surface area is 180 Å². The molecule has 1 aromatic rings. The van der Waals surface area contributed by atoms with Crippen molar-refractivity contribution >= 4 is 5.71 Å². The van der Waals surface area contributed by atoms with Crippen LogP contribution in [0.5, 0.6) is 0 Å². The Morgan fingerprint density at radius 3 is 2.77 bits per heavy atom. The Morgan fingerprint density at radius 2 is 1.97 bits per heavy atom. The Kier molecular flexibility index (Phi) is 5.24. The molecular formula is C25H38N2O3. The predicted molar refractivity (Wildman–Crippen MR) is 116 cm³/mol. The number of hydrogen-bond acceptors (Lipinski definition) is 5. The fourth-order valence-corrected chi connectivity index (χ4v) is 7.92. The van der Waals surface area contributed by atoms with Crippen LogP contribution in [0.2, 0.25) is 0 Å². The van der Waals surface area contributed by atoms with Crippen LogP contribution in [0.3, 0.4) is 0 Å². The Morgan fingerprint density at radius 1 is 1.13 bits per heavy atom. The monoisotopic (exact) mass is 414 g/mol. The highest BCUT2D eigenvalue weighted by Gasteiger charge is 2.59. The highest BCUT2D eigenvalue weighted by Crippen LogP contribution is 2.65. The van der Waals surface area contributed by atoms with E-state index < -0.39 is 0 Å². The molecule has 4 aliphatic carbocycles. The van der Waals surface area contributed by atoms with Crippen molar-refractivity contribution in [2.24, 2.45) is 39.7 Å². The first kappa shape index (κ1) is 20.5. The lowest BCUT2D eigenvalue weighted by Gasteiger charge is -2.60. The minimum atomic E-state index is -0.0721. The molecule has 0 amide bonds. The number of oxime groups is 1. The molecule has 0 spiro atoms. The normalized spacial score (nSPS) is 44.4. The van der Waals surface area contributed by atoms with Gasteiger partial charge in [0.05, 0.1) is 18.0 Å². The second-order valence-corrected chi connectivity index (χ2v) is 11.1. The molecule has 30 heavy (non-hydrogen) atoms. The van der Waals surface area contributed by atoms with E-state index >= 15 is 0 Å². The summed E-state index contributed by atoms with van der Waals surface area (Å²) in [6.07, 6.45) is 13.3. The summed E-state index contributed by atoms with van der Waals surface area (Å²) in [7, 11) is 0. The lowest BCUT2D eigenvalue weighted by molar-refractivity contribution is -0.112. The van der Waals surface area contributed by atoms with Gasteiger partial charge in [-0.1, -0.05) is 19.0 Å². The molecule has 1 aromatic heterocycles. The minimum Gasteiger partial charge on any atom is -0.446 e. The van der Waals surface area contributed by atoms with Gasteiger partial charge in [-0.15, -0.1) is 0 Å². The molecule has 0 aliphatic heterocycles. The van der Waals surface area contributed by atoms with Crippen molar-refractivity contribution in [1.82, 2.24) is 4.98 Å². The summed E-state index contributed by atoms with van der Waals surface area (Å²) in [6, 6.07) is 0. The number of hydrogen-bond donors (Lipinski definition) is 1. The summed E-state index contributed by atoms with van der Waals surface area (Å²) < 4.78 is 5.50. The average Bonchev–Trinajstić information content (AvgIpc) is 3.28. The van der Waals surface area contributed by atoms with E-state index in [1.54, 1.807) is 6.20 Å². The molecule has 5 rings (SSSR count). The highest BCUT2D eigenvalue weighted by atomic mass is 16.6. The Bertz CT molecular complexity index is 804. The van der Waals surface area contributed by atoms with Gasteiger partial charge in [0.2, 0.25) is 0 Å². The van der Waals surface area contributed by atoms with Crippen molar-refractivity contribution in [1.29, 1.82) is 0 Å². The Balaban J connectivity index is 1.21. The van der Waals surface area contributed by atoms with Crippen LogP contribution in [-0.2, 0) is 11.3 Å². The van der Waals surface area contributed by atoms with Crippen molar-refractivity contribution in [2.45, 2.75) is 91.1 Å². The first-order valence-corrected chi connectivity index (χ1v) is 12.2. The number of aryl methyl sites for hydroxylation is 1. The zero-order valence-corrected chi connectivity index (χ0v) is 18.9. The molecular weight excluding hydrogens is 376 g/mol. The van der Waals surface area contributed by atoms with Gasteiger partial charge in [0, 0.05) is 13.3 Å². The quantitative estimate of drug-likeness (QED) is 0.536. The van der Waals surface area contributed by atoms with Crippen LogP contribution in [0, 0.1) is 41.4 Å². The standard InChI is InChI=1S/C25H38N2O3/c1-16-26-15-19(30-16)10-13-29-27-18-8-11-24(2)17(14-18)4-5-20-21-6-7-23(28)25(21,3)12-9-22(20)24/h15,17,20-23,28H,4-14H2,1-3H3/b27-18-/t17?,20?,21?,22?,23-,24-,25-/m0/s1. The van der Waals surface area contributed by atoms with Crippen molar-refractivity contribution in [2.75, 3.05) is 6.61 Å². The molecule has 4 fully saturated rings. The molecule has 0 saturated heterocycles. The smallest absolute Gasteiger partial charge is 0.191 e. The number of aromatic nitrogens is 1. The van der Waals surface area contributed by atoms with E-state index in [-0.39, 0.29) is 11.5 Å². The summed E-state index contributed by atoms with van der Waals surface area (Å²) in [5, 5.41) is 15.2. The van der Waals surface area contributed by atoms with Gasteiger partial charge in [0.15, 0.2) is 5.89 Å². The van der Waals surface area contributed by atoms with Crippen LogP contribution in [0.25, 0.3) is 0 Å². The SMILES string of the molecule is Cc1ncc(CCO/N=C2/CC[C@@]3(C)C(CCC4C3CC[C@@]3(C)C4CC[C@@H]3O)C2)o1. The molecule has 7 atom stereocenters. The lowest BCUT2D eigenvalue weighted by Crippen LogP contribution is -2.54. The second-order valence-electron chi connectivity index (χ2n) is 11.1. The number of fused-ring (bicyclic) bond motifs is 5. The second kappa shape index (κ2) is 7.65. The number of aliphatic hydroxyl groups excluding tert-OH is 1. The maximum atomic E-state index is 10.6. The van der Waals surface area contributed by atoms with Crippen molar-refractivity contribution in [3.05, 3.63) is 17.8 Å². The van der Waals surface area contributed by atoms with Crippen LogP contribution in [0.15, 0.2) is 15.8 Å². The van der Waals surface area contributed by atoms with E-state index in [0.29, 0.717) is 24.3 Å². The van der Waals surface area contributed by atoms with Gasteiger partial charge in [-0.2, -0.15) is 0 Å². The van der Waals surface area contributed by atoms with Gasteiger partial charge in [-0.3, -0.25) is 0 Å². The van der Waals surface area contributed by atoms with Crippen molar-refractivity contribution in [3.63, 3.8) is 0 Å². The third kappa shape index (κ3) is 3.32. The molecule has 1 N–H and O–H groups in total. The van der Waals surface area contributed by atoms with E-state index in [0.717, 1.165) is 48.7 Å². The maximum absolute atomic E-state index is 10.6. The number of rotatable bonds is 4. The topological polar surface area (TPSA) is 67.9 Å². The first-order chi connectivity index (χ1) is 14.4. The molecule has 4 aliphatic rings. The molecule has 166 valence electrons. The summed E-state index contributed by atoms with van der Waals surface area (Å²) in [5.41, 5.74) is 1.87. The van der Waals surface area contributed by atoms with Gasteiger partial charge in [-0.05, 0) is 92.3 Å². The molecule has 0 aromatic carbocycles. The summed E-state index contributed by atoms with van der Waals surface area (Å²) in [5.74, 6) is 4.70.